The highest BCUT2D eigenvalue weighted by molar-refractivity contribution is 5.97. The van der Waals surface area contributed by atoms with E-state index < -0.39 is 0 Å². The zero-order valence-electron chi connectivity index (χ0n) is 10.8. The van der Waals surface area contributed by atoms with Gasteiger partial charge in [-0.15, -0.1) is 0 Å². The lowest BCUT2D eigenvalue weighted by atomic mass is 10.2. The summed E-state index contributed by atoms with van der Waals surface area (Å²) in [5.41, 5.74) is 1.24. The van der Waals surface area contributed by atoms with Crippen LogP contribution in [0.15, 0.2) is 18.2 Å². The number of hydrogen-bond donors (Lipinski definition) is 3. The highest BCUT2D eigenvalue weighted by Gasteiger charge is 2.16. The van der Waals surface area contributed by atoms with Crippen LogP contribution in [0.4, 0.5) is 11.4 Å². The Labute approximate surface area is 111 Å². The summed E-state index contributed by atoms with van der Waals surface area (Å²) in [5, 5.41) is 8.48. The summed E-state index contributed by atoms with van der Waals surface area (Å²) in [6.45, 7) is 0.838. The number of fused-ring (bicyclic) bond motifs is 1. The molecule has 0 atom stereocenters. The second-order valence-electron chi connectivity index (χ2n) is 4.30. The van der Waals surface area contributed by atoms with E-state index in [0.29, 0.717) is 23.5 Å². The second kappa shape index (κ2) is 6.19. The summed E-state index contributed by atoms with van der Waals surface area (Å²) in [4.78, 5) is 22.9. The highest BCUT2D eigenvalue weighted by Crippen LogP contribution is 2.30. The maximum Gasteiger partial charge on any atom is 0.262 e. The van der Waals surface area contributed by atoms with Crippen LogP contribution in [-0.4, -0.2) is 32.0 Å². The number of amides is 2. The number of nitrogens with one attached hydrogen (secondary N) is 3. The van der Waals surface area contributed by atoms with Crippen LogP contribution in [-0.2, 0) is 9.59 Å². The first-order chi connectivity index (χ1) is 9.19. The number of anilines is 2. The molecule has 0 aromatic heterocycles. The summed E-state index contributed by atoms with van der Waals surface area (Å²) in [6, 6.07) is 5.19. The second-order valence-corrected chi connectivity index (χ2v) is 4.30. The van der Waals surface area contributed by atoms with E-state index in [1.165, 1.54) is 0 Å². The molecule has 0 spiro atoms. The molecule has 0 fully saturated rings. The Kier molecular flexibility index (Phi) is 4.35. The van der Waals surface area contributed by atoms with Gasteiger partial charge < -0.3 is 20.7 Å². The van der Waals surface area contributed by atoms with Gasteiger partial charge >= 0.3 is 0 Å². The molecule has 0 saturated heterocycles. The monoisotopic (exact) mass is 263 g/mol. The topological polar surface area (TPSA) is 79.5 Å². The maximum absolute atomic E-state index is 11.7. The van der Waals surface area contributed by atoms with Crippen molar-refractivity contribution in [1.29, 1.82) is 0 Å². The van der Waals surface area contributed by atoms with E-state index in [2.05, 4.69) is 16.0 Å². The quantitative estimate of drug-likeness (QED) is 0.691. The Morgan fingerprint density at radius 3 is 3.11 bits per heavy atom. The standard InChI is InChI=1S/C13H17N3O3/c1-14-6-2-3-12(17)15-9-4-5-11-10(7-9)16-13(18)8-19-11/h4-5,7,14H,2-3,6,8H2,1H3,(H,15,17)(H,16,18). The van der Waals surface area contributed by atoms with Crippen LogP contribution < -0.4 is 20.7 Å². The first-order valence-corrected chi connectivity index (χ1v) is 6.20. The molecule has 2 rings (SSSR count). The molecule has 0 bridgehead atoms. The van der Waals surface area contributed by atoms with E-state index in [1.807, 2.05) is 7.05 Å². The minimum Gasteiger partial charge on any atom is -0.482 e. The minimum atomic E-state index is -0.190. The van der Waals surface area contributed by atoms with Gasteiger partial charge in [0.2, 0.25) is 5.91 Å². The Balaban J connectivity index is 1.96. The molecule has 3 N–H and O–H groups in total. The van der Waals surface area contributed by atoms with Crippen molar-refractivity contribution in [2.45, 2.75) is 12.8 Å². The van der Waals surface area contributed by atoms with Crippen molar-refractivity contribution in [3.63, 3.8) is 0 Å². The molecule has 1 aliphatic rings. The molecule has 0 aliphatic carbocycles. The molecule has 0 radical (unpaired) electrons. The lowest BCUT2D eigenvalue weighted by molar-refractivity contribution is -0.118. The molecule has 1 aromatic carbocycles. The number of carbonyl (C=O) groups excluding carboxylic acids is 2. The molecule has 0 unspecified atom stereocenters. The molecule has 6 heteroatoms. The van der Waals surface area contributed by atoms with E-state index in [9.17, 15) is 9.59 Å². The molecular weight excluding hydrogens is 246 g/mol. The summed E-state index contributed by atoms with van der Waals surface area (Å²) in [6.07, 6.45) is 1.24. The lowest BCUT2D eigenvalue weighted by Crippen LogP contribution is -2.25. The molecule has 1 aromatic rings. The van der Waals surface area contributed by atoms with Crippen molar-refractivity contribution in [2.24, 2.45) is 0 Å². The Bertz CT molecular complexity index is 488. The third-order valence-electron chi connectivity index (χ3n) is 2.73. The summed E-state index contributed by atoms with van der Waals surface area (Å²) in [5.74, 6) is 0.385. The van der Waals surface area contributed by atoms with E-state index in [-0.39, 0.29) is 18.4 Å². The van der Waals surface area contributed by atoms with Crippen LogP contribution in [0.25, 0.3) is 0 Å². The van der Waals surface area contributed by atoms with Gasteiger partial charge in [-0.2, -0.15) is 0 Å². The smallest absolute Gasteiger partial charge is 0.262 e. The number of carbonyl (C=O) groups is 2. The third-order valence-corrected chi connectivity index (χ3v) is 2.73. The van der Waals surface area contributed by atoms with Crippen LogP contribution in [0.3, 0.4) is 0 Å². The first-order valence-electron chi connectivity index (χ1n) is 6.20. The molecule has 19 heavy (non-hydrogen) atoms. The average molecular weight is 263 g/mol. The normalized spacial score (nSPS) is 13.2. The van der Waals surface area contributed by atoms with Crippen molar-refractivity contribution < 1.29 is 14.3 Å². The van der Waals surface area contributed by atoms with Gasteiger partial charge in [-0.25, -0.2) is 0 Å². The molecule has 102 valence electrons. The van der Waals surface area contributed by atoms with Crippen molar-refractivity contribution in [1.82, 2.24) is 5.32 Å². The van der Waals surface area contributed by atoms with Crippen LogP contribution in [0.1, 0.15) is 12.8 Å². The van der Waals surface area contributed by atoms with Gasteiger partial charge in [-0.3, -0.25) is 9.59 Å². The number of rotatable bonds is 5. The number of hydrogen-bond acceptors (Lipinski definition) is 4. The van der Waals surface area contributed by atoms with Crippen molar-refractivity contribution in [3.8, 4) is 5.75 Å². The Morgan fingerprint density at radius 2 is 2.32 bits per heavy atom. The molecular formula is C13H17N3O3. The van der Waals surface area contributed by atoms with Gasteiger partial charge in [-0.1, -0.05) is 0 Å². The maximum atomic E-state index is 11.7. The SMILES string of the molecule is CNCCCC(=O)Nc1ccc2c(c1)NC(=O)CO2. The predicted octanol–water partition coefficient (Wildman–Crippen LogP) is 0.956. The van der Waals surface area contributed by atoms with Crippen LogP contribution >= 0.6 is 0 Å². The van der Waals surface area contributed by atoms with Gasteiger partial charge in [0.25, 0.3) is 5.91 Å². The molecule has 0 saturated carbocycles. The first kappa shape index (κ1) is 13.4. The zero-order chi connectivity index (χ0) is 13.7. The van der Waals surface area contributed by atoms with E-state index >= 15 is 0 Å². The van der Waals surface area contributed by atoms with Gasteiger partial charge in [-0.05, 0) is 38.2 Å². The molecule has 1 aliphatic heterocycles. The minimum absolute atomic E-state index is 0.0305. The Hall–Kier alpha value is -2.08. The van der Waals surface area contributed by atoms with Gasteiger partial charge in [0.15, 0.2) is 6.61 Å². The van der Waals surface area contributed by atoms with Crippen LogP contribution in [0.5, 0.6) is 5.75 Å². The molecule has 6 nitrogen and oxygen atoms in total. The van der Waals surface area contributed by atoms with E-state index in [1.54, 1.807) is 18.2 Å². The van der Waals surface area contributed by atoms with Crippen molar-refractivity contribution in [2.75, 3.05) is 30.8 Å². The molecule has 1 heterocycles. The lowest BCUT2D eigenvalue weighted by Gasteiger charge is -2.18. The third kappa shape index (κ3) is 3.69. The summed E-state index contributed by atoms with van der Waals surface area (Å²) >= 11 is 0. The zero-order valence-corrected chi connectivity index (χ0v) is 10.8. The molecule has 2 amide bonds. The highest BCUT2D eigenvalue weighted by atomic mass is 16.5. The van der Waals surface area contributed by atoms with Crippen molar-refractivity contribution in [3.05, 3.63) is 18.2 Å². The fraction of sp³-hybridized carbons (Fsp3) is 0.385. The van der Waals surface area contributed by atoms with E-state index in [0.717, 1.165) is 13.0 Å². The Morgan fingerprint density at radius 1 is 1.47 bits per heavy atom. The van der Waals surface area contributed by atoms with Gasteiger partial charge in [0, 0.05) is 12.1 Å². The van der Waals surface area contributed by atoms with Crippen molar-refractivity contribution >= 4 is 23.2 Å². The summed E-state index contributed by atoms with van der Waals surface area (Å²) < 4.78 is 5.24. The van der Waals surface area contributed by atoms with Gasteiger partial charge in [0.05, 0.1) is 5.69 Å². The van der Waals surface area contributed by atoms with E-state index in [4.69, 9.17) is 4.74 Å². The average Bonchev–Trinajstić information content (AvgIpc) is 2.38. The predicted molar refractivity (Wildman–Crippen MR) is 72.4 cm³/mol. The summed E-state index contributed by atoms with van der Waals surface area (Å²) in [7, 11) is 1.85. The van der Waals surface area contributed by atoms with Crippen LogP contribution in [0.2, 0.25) is 0 Å². The fourth-order valence-corrected chi connectivity index (χ4v) is 1.81. The fourth-order valence-electron chi connectivity index (χ4n) is 1.81. The number of ether oxygens (including phenoxy) is 1. The van der Waals surface area contributed by atoms with Crippen LogP contribution in [0, 0.1) is 0 Å². The van der Waals surface area contributed by atoms with Gasteiger partial charge in [0.1, 0.15) is 5.75 Å². The number of benzene rings is 1. The largest absolute Gasteiger partial charge is 0.482 e.